The Balaban J connectivity index is 2.18. The summed E-state index contributed by atoms with van der Waals surface area (Å²) in [6.45, 7) is 3.31. The molecule has 0 fully saturated rings. The lowest BCUT2D eigenvalue weighted by atomic mass is 10.2. The molecule has 0 atom stereocenters. The van der Waals surface area contributed by atoms with Crippen molar-refractivity contribution in [1.29, 1.82) is 5.26 Å². The predicted octanol–water partition coefficient (Wildman–Crippen LogP) is 3.85. The van der Waals surface area contributed by atoms with E-state index in [0.717, 1.165) is 16.7 Å². The van der Waals surface area contributed by atoms with Gasteiger partial charge in [-0.1, -0.05) is 23.9 Å². The van der Waals surface area contributed by atoms with Crippen LogP contribution in [0.4, 0.5) is 0 Å². The summed E-state index contributed by atoms with van der Waals surface area (Å²) < 4.78 is 0.914. The van der Waals surface area contributed by atoms with E-state index in [1.165, 1.54) is 11.8 Å². The summed E-state index contributed by atoms with van der Waals surface area (Å²) in [7, 11) is 0. The Morgan fingerprint density at radius 3 is 2.50 bits per heavy atom. The first kappa shape index (κ1) is 16.1. The van der Waals surface area contributed by atoms with Gasteiger partial charge in [-0.05, 0) is 50.2 Å². The number of benzene rings is 2. The van der Waals surface area contributed by atoms with Crippen LogP contribution in [0.2, 0.25) is 0 Å². The molecule has 0 saturated heterocycles. The minimum Gasteiger partial charge on any atom is -0.480 e. The molecule has 0 bridgehead atoms. The quantitative estimate of drug-likeness (QED) is 0.732. The average molecular weight is 337 g/mol. The van der Waals surface area contributed by atoms with Crippen LogP contribution in [-0.4, -0.2) is 25.4 Å². The van der Waals surface area contributed by atoms with Crippen LogP contribution in [0.25, 0.3) is 16.7 Å². The number of para-hydroxylation sites is 2. The molecule has 0 radical (unpaired) electrons. The maximum atomic E-state index is 11.5. The Morgan fingerprint density at radius 2 is 1.88 bits per heavy atom. The third kappa shape index (κ3) is 2.86. The van der Waals surface area contributed by atoms with E-state index < -0.39 is 10.7 Å². The minimum absolute atomic E-state index is 0.572. The van der Waals surface area contributed by atoms with Crippen molar-refractivity contribution in [1.82, 2.24) is 9.55 Å². The number of thioether (sulfide) groups is 1. The van der Waals surface area contributed by atoms with Crippen LogP contribution in [0.5, 0.6) is 0 Å². The zero-order valence-corrected chi connectivity index (χ0v) is 14.0. The summed E-state index contributed by atoms with van der Waals surface area (Å²) in [4.78, 5) is 16.1. The van der Waals surface area contributed by atoms with Gasteiger partial charge in [0.1, 0.15) is 4.75 Å². The average Bonchev–Trinajstić information content (AvgIpc) is 2.92. The minimum atomic E-state index is -1.01. The van der Waals surface area contributed by atoms with E-state index in [-0.39, 0.29) is 0 Å². The van der Waals surface area contributed by atoms with Crippen LogP contribution in [0.3, 0.4) is 0 Å². The lowest BCUT2D eigenvalue weighted by Crippen LogP contribution is -2.27. The first-order chi connectivity index (χ1) is 11.4. The second-order valence-electron chi connectivity index (χ2n) is 5.79. The predicted molar refractivity (Wildman–Crippen MR) is 93.4 cm³/mol. The number of carbonyl (C=O) groups is 1. The van der Waals surface area contributed by atoms with Crippen molar-refractivity contribution < 1.29 is 9.90 Å². The summed E-state index contributed by atoms with van der Waals surface area (Å²) in [5.41, 5.74) is 3.10. The van der Waals surface area contributed by atoms with Crippen molar-refractivity contribution in [3.63, 3.8) is 0 Å². The van der Waals surface area contributed by atoms with Crippen LogP contribution in [0.15, 0.2) is 53.7 Å². The van der Waals surface area contributed by atoms with Crippen LogP contribution >= 0.6 is 11.8 Å². The number of carboxylic acid groups (broad SMARTS) is 1. The van der Waals surface area contributed by atoms with E-state index in [4.69, 9.17) is 5.26 Å². The van der Waals surface area contributed by atoms with Crippen molar-refractivity contribution in [2.45, 2.75) is 23.8 Å². The Bertz CT molecular complexity index is 953. The summed E-state index contributed by atoms with van der Waals surface area (Å²) in [6.07, 6.45) is 0. The SMILES string of the molecule is CC(C)(Sc1nc2ccccc2n1-c1ccc(C#N)cc1)C(=O)O. The first-order valence-corrected chi connectivity index (χ1v) is 8.14. The van der Waals surface area contributed by atoms with Gasteiger partial charge in [0.05, 0.1) is 22.7 Å². The van der Waals surface area contributed by atoms with Gasteiger partial charge in [0, 0.05) is 5.69 Å². The molecule has 0 aliphatic carbocycles. The van der Waals surface area contributed by atoms with Gasteiger partial charge in [-0.25, -0.2) is 4.98 Å². The van der Waals surface area contributed by atoms with Crippen molar-refractivity contribution in [3.05, 3.63) is 54.1 Å². The van der Waals surface area contributed by atoms with E-state index in [0.29, 0.717) is 10.7 Å². The van der Waals surface area contributed by atoms with Crippen LogP contribution in [0, 0.1) is 11.3 Å². The molecule has 0 amide bonds. The molecule has 3 aromatic rings. The number of carboxylic acids is 1. The summed E-state index contributed by atoms with van der Waals surface area (Å²) in [6, 6.07) is 16.9. The maximum Gasteiger partial charge on any atom is 0.319 e. The van der Waals surface area contributed by atoms with Gasteiger partial charge >= 0.3 is 5.97 Å². The van der Waals surface area contributed by atoms with Crippen LogP contribution < -0.4 is 0 Å². The fourth-order valence-electron chi connectivity index (χ4n) is 2.28. The molecule has 1 N–H and O–H groups in total. The number of imidazole rings is 1. The molecule has 24 heavy (non-hydrogen) atoms. The fraction of sp³-hybridized carbons (Fsp3) is 0.167. The smallest absolute Gasteiger partial charge is 0.319 e. The number of nitrogens with zero attached hydrogens (tertiary/aromatic N) is 3. The van der Waals surface area contributed by atoms with Crippen molar-refractivity contribution in [2.24, 2.45) is 0 Å². The van der Waals surface area contributed by atoms with E-state index >= 15 is 0 Å². The molecule has 0 spiro atoms. The molecule has 5 nitrogen and oxygen atoms in total. The number of nitriles is 1. The number of fused-ring (bicyclic) bond motifs is 1. The molecule has 0 aliphatic rings. The molecular formula is C18H15N3O2S. The summed E-state index contributed by atoms with van der Waals surface area (Å²) >= 11 is 1.20. The second kappa shape index (κ2) is 6.02. The Labute approximate surface area is 143 Å². The van der Waals surface area contributed by atoms with Gasteiger partial charge in [0.15, 0.2) is 5.16 Å². The Hall–Kier alpha value is -2.78. The lowest BCUT2D eigenvalue weighted by Gasteiger charge is -2.18. The monoisotopic (exact) mass is 337 g/mol. The van der Waals surface area contributed by atoms with E-state index in [1.54, 1.807) is 26.0 Å². The molecular weight excluding hydrogens is 322 g/mol. The van der Waals surface area contributed by atoms with E-state index in [2.05, 4.69) is 11.1 Å². The van der Waals surface area contributed by atoms with Crippen LogP contribution in [-0.2, 0) is 4.79 Å². The zero-order chi connectivity index (χ0) is 17.3. The fourth-order valence-corrected chi connectivity index (χ4v) is 3.26. The number of hydrogen-bond acceptors (Lipinski definition) is 4. The third-order valence-electron chi connectivity index (χ3n) is 3.65. The maximum absolute atomic E-state index is 11.5. The van der Waals surface area contributed by atoms with Gasteiger partial charge < -0.3 is 5.11 Å². The molecule has 2 aromatic carbocycles. The van der Waals surface area contributed by atoms with Crippen molar-refractivity contribution >= 4 is 28.8 Å². The van der Waals surface area contributed by atoms with Gasteiger partial charge in [0.25, 0.3) is 0 Å². The van der Waals surface area contributed by atoms with Gasteiger partial charge in [-0.2, -0.15) is 5.26 Å². The number of hydrogen-bond donors (Lipinski definition) is 1. The Morgan fingerprint density at radius 1 is 1.21 bits per heavy atom. The molecule has 1 heterocycles. The highest BCUT2D eigenvalue weighted by Crippen LogP contribution is 2.36. The second-order valence-corrected chi connectivity index (χ2v) is 7.38. The van der Waals surface area contributed by atoms with Gasteiger partial charge in [-0.3, -0.25) is 9.36 Å². The van der Waals surface area contributed by atoms with E-state index in [1.807, 2.05) is 41.0 Å². The normalized spacial score (nSPS) is 11.4. The molecule has 1 aromatic heterocycles. The molecule has 6 heteroatoms. The first-order valence-electron chi connectivity index (χ1n) is 7.33. The van der Waals surface area contributed by atoms with Gasteiger partial charge in [0.2, 0.25) is 0 Å². The Kier molecular flexibility index (Phi) is 4.04. The van der Waals surface area contributed by atoms with Gasteiger partial charge in [-0.15, -0.1) is 0 Å². The number of aliphatic carboxylic acids is 1. The highest BCUT2D eigenvalue weighted by molar-refractivity contribution is 8.01. The third-order valence-corrected chi connectivity index (χ3v) is 4.79. The summed E-state index contributed by atoms with van der Waals surface area (Å²) in [5, 5.41) is 19.0. The molecule has 0 aliphatic heterocycles. The molecule has 0 unspecified atom stereocenters. The van der Waals surface area contributed by atoms with Crippen molar-refractivity contribution in [2.75, 3.05) is 0 Å². The van der Waals surface area contributed by atoms with E-state index in [9.17, 15) is 9.90 Å². The topological polar surface area (TPSA) is 78.9 Å². The molecule has 0 saturated carbocycles. The van der Waals surface area contributed by atoms with Crippen LogP contribution in [0.1, 0.15) is 19.4 Å². The molecule has 3 rings (SSSR count). The lowest BCUT2D eigenvalue weighted by molar-refractivity contribution is -0.138. The summed E-state index contributed by atoms with van der Waals surface area (Å²) in [5.74, 6) is -0.897. The highest BCUT2D eigenvalue weighted by atomic mass is 32.2. The number of rotatable bonds is 4. The molecule has 120 valence electrons. The zero-order valence-electron chi connectivity index (χ0n) is 13.2. The number of aromatic nitrogens is 2. The largest absolute Gasteiger partial charge is 0.480 e. The standard InChI is InChI=1S/C18H15N3O2S/c1-18(2,16(22)23)24-17-20-14-5-3-4-6-15(14)21(17)13-9-7-12(11-19)8-10-13/h3-10H,1-2H3,(H,22,23). The highest BCUT2D eigenvalue weighted by Gasteiger charge is 2.31. The van der Waals surface area contributed by atoms with Crippen molar-refractivity contribution in [3.8, 4) is 11.8 Å².